The van der Waals surface area contributed by atoms with Crippen molar-refractivity contribution in [2.24, 2.45) is 0 Å². The van der Waals surface area contributed by atoms with E-state index in [1.807, 2.05) is 18.2 Å². The van der Waals surface area contributed by atoms with Crippen LogP contribution in [0.15, 0.2) is 36.5 Å². The molecule has 0 spiro atoms. The van der Waals surface area contributed by atoms with Gasteiger partial charge in [0.25, 0.3) is 0 Å². The number of aliphatic hydroxyl groups excluding tert-OH is 1. The van der Waals surface area contributed by atoms with Gasteiger partial charge in [0, 0.05) is 6.92 Å². The third-order valence-corrected chi connectivity index (χ3v) is 2.76. The monoisotopic (exact) mass is 247 g/mol. The summed E-state index contributed by atoms with van der Waals surface area (Å²) < 4.78 is 1.40. The number of rotatable bonds is 4. The molecule has 0 saturated heterocycles. The quantitative estimate of drug-likeness (QED) is 0.660. The summed E-state index contributed by atoms with van der Waals surface area (Å²) in [5.74, 6) is 0.402. The van der Waals surface area contributed by atoms with Crippen LogP contribution in [0, 0.1) is 17.0 Å². The highest BCUT2D eigenvalue weighted by molar-refractivity contribution is 5.21. The predicted octanol–water partition coefficient (Wildman–Crippen LogP) is 1.83. The van der Waals surface area contributed by atoms with Gasteiger partial charge in [0.2, 0.25) is 0 Å². The Morgan fingerprint density at radius 2 is 2.11 bits per heavy atom. The fraction of sp³-hybridized carbons (Fsp3) is 0.250. The van der Waals surface area contributed by atoms with Gasteiger partial charge in [-0.1, -0.05) is 30.3 Å². The van der Waals surface area contributed by atoms with Crippen molar-refractivity contribution < 1.29 is 10.0 Å². The molecule has 6 nitrogen and oxygen atoms in total. The summed E-state index contributed by atoms with van der Waals surface area (Å²) in [4.78, 5) is 14.2. The van der Waals surface area contributed by atoms with E-state index in [-0.39, 0.29) is 12.4 Å². The number of nitrogens with zero attached hydrogens (tertiary/aromatic N) is 3. The van der Waals surface area contributed by atoms with Gasteiger partial charge in [-0.25, -0.2) is 9.55 Å². The third-order valence-electron chi connectivity index (χ3n) is 2.76. The van der Waals surface area contributed by atoms with E-state index in [4.69, 9.17) is 0 Å². The van der Waals surface area contributed by atoms with E-state index in [2.05, 4.69) is 4.98 Å². The zero-order valence-corrected chi connectivity index (χ0v) is 9.85. The predicted molar refractivity (Wildman–Crippen MR) is 65.0 cm³/mol. The maximum absolute atomic E-state index is 10.8. The zero-order valence-electron chi connectivity index (χ0n) is 9.85. The number of hydrogen-bond acceptors (Lipinski definition) is 4. The molecule has 2 aromatic rings. The zero-order chi connectivity index (χ0) is 13.1. The van der Waals surface area contributed by atoms with Gasteiger partial charge in [0.15, 0.2) is 5.82 Å². The number of benzene rings is 1. The highest BCUT2D eigenvalue weighted by atomic mass is 16.6. The fourth-order valence-electron chi connectivity index (χ4n) is 1.78. The van der Waals surface area contributed by atoms with E-state index >= 15 is 0 Å². The SMILES string of the molecule is Cc1ncc([N+](=O)[O-])n1CC(O)c1ccccc1. The molecule has 1 aromatic heterocycles. The van der Waals surface area contributed by atoms with Crippen molar-refractivity contribution in [2.75, 3.05) is 0 Å². The van der Waals surface area contributed by atoms with Gasteiger partial charge in [0.05, 0.1) is 0 Å². The Hall–Kier alpha value is -2.21. The molecule has 0 fully saturated rings. The molecule has 94 valence electrons. The number of aromatic nitrogens is 2. The molecule has 6 heteroatoms. The van der Waals surface area contributed by atoms with Crippen LogP contribution in [0.25, 0.3) is 0 Å². The van der Waals surface area contributed by atoms with Crippen molar-refractivity contribution in [2.45, 2.75) is 19.6 Å². The lowest BCUT2D eigenvalue weighted by atomic mass is 10.1. The van der Waals surface area contributed by atoms with E-state index < -0.39 is 11.0 Å². The van der Waals surface area contributed by atoms with Gasteiger partial charge >= 0.3 is 5.82 Å². The van der Waals surface area contributed by atoms with E-state index in [1.54, 1.807) is 19.1 Å². The summed E-state index contributed by atoms with van der Waals surface area (Å²) >= 11 is 0. The van der Waals surface area contributed by atoms with Crippen LogP contribution in [0.2, 0.25) is 0 Å². The number of aryl methyl sites for hydroxylation is 1. The van der Waals surface area contributed by atoms with Gasteiger partial charge in [-0.15, -0.1) is 0 Å². The maximum atomic E-state index is 10.8. The average molecular weight is 247 g/mol. The van der Waals surface area contributed by atoms with E-state index in [0.29, 0.717) is 5.82 Å². The topological polar surface area (TPSA) is 81.2 Å². The first-order valence-corrected chi connectivity index (χ1v) is 5.49. The molecule has 1 atom stereocenters. The van der Waals surface area contributed by atoms with Gasteiger partial charge < -0.3 is 15.2 Å². The number of aliphatic hydroxyl groups is 1. The molecule has 1 aromatic carbocycles. The molecule has 1 heterocycles. The Balaban J connectivity index is 2.24. The molecular weight excluding hydrogens is 234 g/mol. The molecule has 0 aliphatic heterocycles. The molecule has 18 heavy (non-hydrogen) atoms. The minimum Gasteiger partial charge on any atom is -0.384 e. The van der Waals surface area contributed by atoms with Crippen LogP contribution in [0.4, 0.5) is 5.82 Å². The first-order chi connectivity index (χ1) is 8.59. The van der Waals surface area contributed by atoms with Gasteiger partial charge in [-0.2, -0.15) is 0 Å². The Morgan fingerprint density at radius 1 is 1.44 bits per heavy atom. The smallest absolute Gasteiger partial charge is 0.342 e. The molecule has 0 aliphatic carbocycles. The highest BCUT2D eigenvalue weighted by Crippen LogP contribution is 2.20. The lowest BCUT2D eigenvalue weighted by Gasteiger charge is -2.10. The number of hydrogen-bond donors (Lipinski definition) is 1. The van der Waals surface area contributed by atoms with Crippen molar-refractivity contribution in [1.29, 1.82) is 0 Å². The third kappa shape index (κ3) is 2.38. The Labute approximate surface area is 104 Å². The summed E-state index contributed by atoms with van der Waals surface area (Å²) in [7, 11) is 0. The summed E-state index contributed by atoms with van der Waals surface area (Å²) in [5.41, 5.74) is 0.722. The van der Waals surface area contributed by atoms with Crippen LogP contribution in [0.1, 0.15) is 17.5 Å². The van der Waals surface area contributed by atoms with Crippen LogP contribution in [-0.4, -0.2) is 19.6 Å². The molecular formula is C12H13N3O3. The summed E-state index contributed by atoms with van der Waals surface area (Å²) in [6.07, 6.45) is 0.408. The van der Waals surface area contributed by atoms with Crippen LogP contribution in [0.3, 0.4) is 0 Å². The van der Waals surface area contributed by atoms with Crippen molar-refractivity contribution >= 4 is 5.82 Å². The second-order valence-corrected chi connectivity index (χ2v) is 3.96. The Bertz CT molecular complexity index is 551. The van der Waals surface area contributed by atoms with Gasteiger partial charge in [-0.3, -0.25) is 0 Å². The Kier molecular flexibility index (Phi) is 3.38. The van der Waals surface area contributed by atoms with E-state index in [1.165, 1.54) is 10.8 Å². The molecule has 1 N–H and O–H groups in total. The molecule has 2 rings (SSSR count). The number of imidazole rings is 1. The normalized spacial score (nSPS) is 12.3. The van der Waals surface area contributed by atoms with Crippen molar-refractivity contribution in [1.82, 2.24) is 9.55 Å². The first kappa shape index (κ1) is 12.3. The number of nitro groups is 1. The summed E-state index contributed by atoms with van der Waals surface area (Å²) in [5, 5.41) is 20.9. The van der Waals surface area contributed by atoms with Gasteiger partial charge in [-0.05, 0) is 10.5 Å². The molecule has 1 unspecified atom stereocenters. The van der Waals surface area contributed by atoms with Crippen LogP contribution in [0.5, 0.6) is 0 Å². The van der Waals surface area contributed by atoms with Crippen LogP contribution >= 0.6 is 0 Å². The van der Waals surface area contributed by atoms with Crippen molar-refractivity contribution in [3.8, 4) is 0 Å². The van der Waals surface area contributed by atoms with E-state index in [0.717, 1.165) is 5.56 Å². The summed E-state index contributed by atoms with van der Waals surface area (Å²) in [6.45, 7) is 1.79. The van der Waals surface area contributed by atoms with Crippen molar-refractivity contribution in [3.63, 3.8) is 0 Å². The summed E-state index contributed by atoms with van der Waals surface area (Å²) in [6, 6.07) is 9.04. The molecule has 0 radical (unpaired) electrons. The second-order valence-electron chi connectivity index (χ2n) is 3.96. The molecule has 0 amide bonds. The van der Waals surface area contributed by atoms with Gasteiger partial charge in [0.1, 0.15) is 18.8 Å². The fourth-order valence-corrected chi connectivity index (χ4v) is 1.78. The van der Waals surface area contributed by atoms with Crippen LogP contribution < -0.4 is 0 Å². The first-order valence-electron chi connectivity index (χ1n) is 5.49. The minimum absolute atomic E-state index is 0.109. The highest BCUT2D eigenvalue weighted by Gasteiger charge is 2.21. The molecule has 0 aliphatic rings. The molecule has 0 saturated carbocycles. The maximum Gasteiger partial charge on any atom is 0.342 e. The standard InChI is InChI=1S/C12H13N3O3/c1-9-13-7-12(15(17)18)14(9)8-11(16)10-5-3-2-4-6-10/h2-7,11,16H,8H2,1H3. The minimum atomic E-state index is -0.794. The van der Waals surface area contributed by atoms with Crippen molar-refractivity contribution in [3.05, 3.63) is 58.0 Å². The lowest BCUT2D eigenvalue weighted by Crippen LogP contribution is -2.12. The lowest BCUT2D eigenvalue weighted by molar-refractivity contribution is -0.392. The van der Waals surface area contributed by atoms with Crippen LogP contribution in [-0.2, 0) is 6.54 Å². The molecule has 0 bridgehead atoms. The van der Waals surface area contributed by atoms with E-state index in [9.17, 15) is 15.2 Å². The second kappa shape index (κ2) is 4.97. The average Bonchev–Trinajstić information content (AvgIpc) is 2.72. The Morgan fingerprint density at radius 3 is 2.72 bits per heavy atom. The largest absolute Gasteiger partial charge is 0.384 e.